The molecule has 3 rings (SSSR count). The van der Waals surface area contributed by atoms with E-state index in [4.69, 9.17) is 5.73 Å². The second kappa shape index (κ2) is 7.54. The molecule has 3 heterocycles. The molecule has 0 aliphatic carbocycles. The number of hydrogen-bond donors (Lipinski definition) is 4. The van der Waals surface area contributed by atoms with Crippen molar-refractivity contribution < 1.29 is 29.4 Å². The van der Waals surface area contributed by atoms with Gasteiger partial charge >= 0.3 is 5.97 Å². The van der Waals surface area contributed by atoms with Crippen molar-refractivity contribution in [3.8, 4) is 0 Å². The van der Waals surface area contributed by atoms with Gasteiger partial charge in [0.05, 0.1) is 6.61 Å². The summed E-state index contributed by atoms with van der Waals surface area (Å²) < 4.78 is 0. The minimum Gasteiger partial charge on any atom is -0.477 e. The molecule has 1 unspecified atom stereocenters. The molecule has 27 heavy (non-hydrogen) atoms. The number of aliphatic hydroxyl groups excluding tert-OH is 1. The van der Waals surface area contributed by atoms with E-state index >= 15 is 0 Å². The van der Waals surface area contributed by atoms with Crippen LogP contribution in [0.25, 0.3) is 0 Å². The number of nitrogens with two attached hydrogens (primary N) is 1. The third-order valence-corrected chi connectivity index (χ3v) is 5.90. The lowest BCUT2D eigenvalue weighted by molar-refractivity contribution is -0.150. The minimum atomic E-state index is -1.30. The van der Waals surface area contributed by atoms with Gasteiger partial charge in [-0.2, -0.15) is 0 Å². The van der Waals surface area contributed by atoms with Crippen LogP contribution in [0.2, 0.25) is 0 Å². The van der Waals surface area contributed by atoms with Crippen LogP contribution < -0.4 is 11.1 Å². The number of carboxylic acids is 1. The fourth-order valence-corrected chi connectivity index (χ4v) is 4.59. The number of aromatic nitrogens is 1. The van der Waals surface area contributed by atoms with Crippen molar-refractivity contribution in [1.82, 2.24) is 15.2 Å². The van der Waals surface area contributed by atoms with Gasteiger partial charge in [0, 0.05) is 11.1 Å². The van der Waals surface area contributed by atoms with Gasteiger partial charge < -0.3 is 26.1 Å². The number of β-lactam (4-membered cyclic amide) rings is 1. The van der Waals surface area contributed by atoms with E-state index in [0.717, 1.165) is 16.2 Å². The number of hydrogen-bond acceptors (Lipinski definition) is 10. The third-order valence-electron chi connectivity index (χ3n) is 3.89. The zero-order valence-electron chi connectivity index (χ0n) is 13.9. The lowest BCUT2D eigenvalue weighted by Crippen LogP contribution is -2.71. The molecule has 2 aliphatic rings. The van der Waals surface area contributed by atoms with Gasteiger partial charge in [-0.3, -0.25) is 14.5 Å². The number of aliphatic hydroxyl groups is 1. The second-order valence-electron chi connectivity index (χ2n) is 5.47. The molecule has 2 atom stereocenters. The SMILES string of the molecule is CO/N=C(\C(=O)NC1C(=O)N2C(C(=O)O)=C(CO)CS[C@H]12)c1csc(N)n1. The number of fused-ring (bicyclic) bond motifs is 1. The zero-order chi connectivity index (χ0) is 19.7. The predicted molar refractivity (Wildman–Crippen MR) is 96.8 cm³/mol. The number of anilines is 1. The molecule has 0 bridgehead atoms. The number of nitrogen functional groups attached to an aromatic ring is 1. The Hall–Kier alpha value is -2.64. The van der Waals surface area contributed by atoms with Crippen molar-refractivity contribution in [1.29, 1.82) is 0 Å². The van der Waals surface area contributed by atoms with Gasteiger partial charge in [-0.15, -0.1) is 23.1 Å². The quantitative estimate of drug-likeness (QED) is 0.254. The van der Waals surface area contributed by atoms with E-state index in [-0.39, 0.29) is 33.6 Å². The number of rotatable bonds is 6. The van der Waals surface area contributed by atoms with E-state index in [1.54, 1.807) is 0 Å². The molecule has 1 fully saturated rings. The number of nitrogens with one attached hydrogen (secondary N) is 1. The Morgan fingerprint density at radius 1 is 1.56 bits per heavy atom. The van der Waals surface area contributed by atoms with E-state index in [9.17, 15) is 24.6 Å². The van der Waals surface area contributed by atoms with Crippen LogP contribution in [0.15, 0.2) is 21.8 Å². The number of thioether (sulfide) groups is 1. The van der Waals surface area contributed by atoms with Crippen LogP contribution in [-0.4, -0.2) is 74.5 Å². The Kier molecular flexibility index (Phi) is 5.34. The van der Waals surface area contributed by atoms with E-state index in [1.165, 1.54) is 24.3 Å². The van der Waals surface area contributed by atoms with Crippen LogP contribution >= 0.6 is 23.1 Å². The standard InChI is InChI=1S/C14H15N5O6S2/c1-25-18-7(6-4-27-14(15)16-6)10(21)17-8-11(22)19-9(13(23)24)5(2-20)3-26-12(8)19/h4,8,12,20H,2-3H2,1H3,(H2,15,16)(H,17,21)(H,23,24)/b18-7-/t8?,12-/m1/s1. The highest BCUT2D eigenvalue weighted by molar-refractivity contribution is 8.00. The molecule has 0 saturated carbocycles. The van der Waals surface area contributed by atoms with Crippen LogP contribution in [-0.2, 0) is 19.2 Å². The van der Waals surface area contributed by atoms with Crippen LogP contribution in [0, 0.1) is 0 Å². The first-order valence-corrected chi connectivity index (χ1v) is 9.46. The number of amides is 2. The normalized spacial score (nSPS) is 22.2. The van der Waals surface area contributed by atoms with Crippen LogP contribution in [0.4, 0.5) is 5.13 Å². The van der Waals surface area contributed by atoms with Crippen molar-refractivity contribution >= 4 is 51.7 Å². The van der Waals surface area contributed by atoms with Crippen LogP contribution in [0.5, 0.6) is 0 Å². The molecule has 1 saturated heterocycles. The van der Waals surface area contributed by atoms with Gasteiger partial charge in [-0.05, 0) is 5.57 Å². The number of aliphatic carboxylic acids is 1. The molecule has 0 aromatic carbocycles. The van der Waals surface area contributed by atoms with E-state index in [2.05, 4.69) is 20.3 Å². The topological polar surface area (TPSA) is 167 Å². The van der Waals surface area contributed by atoms with Gasteiger partial charge in [0.25, 0.3) is 11.8 Å². The summed E-state index contributed by atoms with van der Waals surface area (Å²) in [5.41, 5.74) is 5.62. The molecule has 144 valence electrons. The Morgan fingerprint density at radius 2 is 2.30 bits per heavy atom. The van der Waals surface area contributed by atoms with Crippen LogP contribution in [0.3, 0.4) is 0 Å². The molecular weight excluding hydrogens is 398 g/mol. The van der Waals surface area contributed by atoms with Gasteiger partial charge in [0.1, 0.15) is 29.9 Å². The molecule has 1 aromatic heterocycles. The second-order valence-corrected chi connectivity index (χ2v) is 7.46. The average Bonchev–Trinajstić information content (AvgIpc) is 3.08. The first kappa shape index (κ1) is 19.1. The molecule has 0 spiro atoms. The first-order chi connectivity index (χ1) is 12.9. The molecule has 5 N–H and O–H groups in total. The maximum atomic E-state index is 12.6. The summed E-state index contributed by atoms with van der Waals surface area (Å²) in [4.78, 5) is 46.2. The Morgan fingerprint density at radius 3 is 2.85 bits per heavy atom. The largest absolute Gasteiger partial charge is 0.477 e. The molecule has 1 aromatic rings. The van der Waals surface area contributed by atoms with Gasteiger partial charge in [0.15, 0.2) is 10.8 Å². The average molecular weight is 413 g/mol. The number of carboxylic acid groups (broad SMARTS) is 1. The van der Waals surface area contributed by atoms with Crippen molar-refractivity contribution in [3.63, 3.8) is 0 Å². The number of carbonyl (C=O) groups is 3. The van der Waals surface area contributed by atoms with Crippen molar-refractivity contribution in [2.75, 3.05) is 25.2 Å². The number of oxime groups is 1. The third kappa shape index (κ3) is 3.36. The van der Waals surface area contributed by atoms with Crippen molar-refractivity contribution in [2.45, 2.75) is 11.4 Å². The number of nitrogens with zero attached hydrogens (tertiary/aromatic N) is 3. The summed E-state index contributed by atoms with van der Waals surface area (Å²) in [7, 11) is 1.26. The number of thiazole rings is 1. The van der Waals surface area contributed by atoms with Gasteiger partial charge in [-0.25, -0.2) is 9.78 Å². The first-order valence-electron chi connectivity index (χ1n) is 7.53. The Balaban J connectivity index is 1.79. The highest BCUT2D eigenvalue weighted by Gasteiger charge is 2.54. The molecule has 13 heteroatoms. The van der Waals surface area contributed by atoms with Crippen molar-refractivity contribution in [2.24, 2.45) is 5.16 Å². The monoisotopic (exact) mass is 413 g/mol. The molecule has 2 aliphatic heterocycles. The summed E-state index contributed by atoms with van der Waals surface area (Å²) in [5, 5.41) is 26.0. The van der Waals surface area contributed by atoms with Crippen molar-refractivity contribution in [3.05, 3.63) is 22.3 Å². The van der Waals surface area contributed by atoms with Gasteiger partial charge in [-0.1, -0.05) is 5.16 Å². The predicted octanol–water partition coefficient (Wildman–Crippen LogP) is -1.19. The maximum Gasteiger partial charge on any atom is 0.352 e. The summed E-state index contributed by atoms with van der Waals surface area (Å²) in [6.07, 6.45) is 0. The molecular formula is C14H15N5O6S2. The van der Waals surface area contributed by atoms with E-state index < -0.39 is 35.8 Å². The smallest absolute Gasteiger partial charge is 0.352 e. The summed E-state index contributed by atoms with van der Waals surface area (Å²) in [5.74, 6) is -2.35. The fourth-order valence-electron chi connectivity index (χ4n) is 2.71. The number of carbonyl (C=O) groups excluding carboxylic acids is 2. The van der Waals surface area contributed by atoms with Crippen LogP contribution in [0.1, 0.15) is 5.69 Å². The highest BCUT2D eigenvalue weighted by atomic mass is 32.2. The highest BCUT2D eigenvalue weighted by Crippen LogP contribution is 2.40. The van der Waals surface area contributed by atoms with E-state index in [1.807, 2.05) is 0 Å². The molecule has 2 amide bonds. The molecule has 0 radical (unpaired) electrons. The lowest BCUT2D eigenvalue weighted by Gasteiger charge is -2.49. The summed E-state index contributed by atoms with van der Waals surface area (Å²) >= 11 is 2.37. The summed E-state index contributed by atoms with van der Waals surface area (Å²) in [6.45, 7) is -0.460. The zero-order valence-corrected chi connectivity index (χ0v) is 15.5. The summed E-state index contributed by atoms with van der Waals surface area (Å²) in [6, 6.07) is -0.935. The van der Waals surface area contributed by atoms with Gasteiger partial charge in [0.2, 0.25) is 0 Å². The fraction of sp³-hybridized carbons (Fsp3) is 0.357. The Bertz CT molecular complexity index is 866. The van der Waals surface area contributed by atoms with E-state index in [0.29, 0.717) is 0 Å². The minimum absolute atomic E-state index is 0.150. The Labute approximate surface area is 160 Å². The molecule has 11 nitrogen and oxygen atoms in total. The maximum absolute atomic E-state index is 12.6. The lowest BCUT2D eigenvalue weighted by atomic mass is 10.0.